The minimum absolute atomic E-state index is 0.0342. The SMILES string of the molecule is CCC1CCC(CNC(=O)CN2CCS(=O)(=O)CC2)CC1. The van der Waals surface area contributed by atoms with E-state index in [1.165, 1.54) is 32.1 Å². The summed E-state index contributed by atoms with van der Waals surface area (Å²) in [6.07, 6.45) is 6.31. The van der Waals surface area contributed by atoms with E-state index in [1.54, 1.807) is 0 Å². The highest BCUT2D eigenvalue weighted by atomic mass is 32.2. The highest BCUT2D eigenvalue weighted by Crippen LogP contribution is 2.30. The van der Waals surface area contributed by atoms with E-state index in [0.717, 1.165) is 12.5 Å². The standard InChI is InChI=1S/C15H28N2O3S/c1-2-13-3-5-14(6-4-13)11-16-15(18)12-17-7-9-21(19,20)10-8-17/h13-14H,2-12H2,1H3,(H,16,18). The lowest BCUT2D eigenvalue weighted by Gasteiger charge is -2.29. The summed E-state index contributed by atoms with van der Waals surface area (Å²) < 4.78 is 22.7. The summed E-state index contributed by atoms with van der Waals surface area (Å²) in [4.78, 5) is 13.9. The van der Waals surface area contributed by atoms with Crippen molar-refractivity contribution in [1.29, 1.82) is 0 Å². The van der Waals surface area contributed by atoms with Crippen LogP contribution in [0.2, 0.25) is 0 Å². The molecule has 1 aliphatic carbocycles. The molecule has 1 aliphatic heterocycles. The van der Waals surface area contributed by atoms with Gasteiger partial charge in [0.25, 0.3) is 0 Å². The van der Waals surface area contributed by atoms with Gasteiger partial charge in [0.15, 0.2) is 9.84 Å². The fourth-order valence-electron chi connectivity index (χ4n) is 3.27. The Morgan fingerprint density at radius 3 is 2.24 bits per heavy atom. The summed E-state index contributed by atoms with van der Waals surface area (Å²) >= 11 is 0. The molecule has 1 N–H and O–H groups in total. The maximum atomic E-state index is 11.9. The molecule has 2 fully saturated rings. The second kappa shape index (κ2) is 7.58. The Labute approximate surface area is 128 Å². The first kappa shape index (κ1) is 16.7. The first-order chi connectivity index (χ1) is 9.98. The molecule has 6 heteroatoms. The molecule has 0 aromatic rings. The van der Waals surface area contributed by atoms with Gasteiger partial charge in [0.05, 0.1) is 18.1 Å². The van der Waals surface area contributed by atoms with Gasteiger partial charge in [-0.1, -0.05) is 26.2 Å². The number of carbonyl (C=O) groups excluding carboxylic acids is 1. The van der Waals surface area contributed by atoms with Crippen molar-refractivity contribution in [3.8, 4) is 0 Å². The zero-order valence-electron chi connectivity index (χ0n) is 13.0. The molecule has 122 valence electrons. The van der Waals surface area contributed by atoms with E-state index in [9.17, 15) is 13.2 Å². The zero-order valence-corrected chi connectivity index (χ0v) is 13.8. The Kier molecular flexibility index (Phi) is 6.05. The van der Waals surface area contributed by atoms with Crippen molar-refractivity contribution in [3.05, 3.63) is 0 Å². The zero-order chi connectivity index (χ0) is 15.3. The smallest absolute Gasteiger partial charge is 0.234 e. The van der Waals surface area contributed by atoms with Gasteiger partial charge in [0.1, 0.15) is 0 Å². The van der Waals surface area contributed by atoms with Crippen molar-refractivity contribution in [1.82, 2.24) is 10.2 Å². The van der Waals surface area contributed by atoms with Crippen LogP contribution in [-0.2, 0) is 14.6 Å². The molecule has 0 aromatic heterocycles. The van der Waals surface area contributed by atoms with E-state index >= 15 is 0 Å². The molecule has 0 radical (unpaired) electrons. The van der Waals surface area contributed by atoms with Crippen LogP contribution < -0.4 is 5.32 Å². The van der Waals surface area contributed by atoms with Gasteiger partial charge in [-0.05, 0) is 24.7 Å². The molecular formula is C15H28N2O3S. The molecule has 21 heavy (non-hydrogen) atoms. The first-order valence-electron chi connectivity index (χ1n) is 8.18. The number of sulfone groups is 1. The topological polar surface area (TPSA) is 66.5 Å². The first-order valence-corrected chi connectivity index (χ1v) is 10.00. The van der Waals surface area contributed by atoms with Crippen LogP contribution in [0, 0.1) is 11.8 Å². The third kappa shape index (κ3) is 5.58. The Morgan fingerprint density at radius 2 is 1.67 bits per heavy atom. The van der Waals surface area contributed by atoms with Crippen LogP contribution in [0.25, 0.3) is 0 Å². The molecule has 1 saturated carbocycles. The van der Waals surface area contributed by atoms with E-state index in [0.29, 0.717) is 25.6 Å². The summed E-state index contributed by atoms with van der Waals surface area (Å²) in [7, 11) is -2.86. The molecule has 1 amide bonds. The Balaban J connectivity index is 1.62. The van der Waals surface area contributed by atoms with Gasteiger partial charge in [0, 0.05) is 19.6 Å². The van der Waals surface area contributed by atoms with Crippen molar-refractivity contribution >= 4 is 15.7 Å². The number of hydrogen-bond donors (Lipinski definition) is 1. The molecule has 5 nitrogen and oxygen atoms in total. The second-order valence-electron chi connectivity index (χ2n) is 6.53. The van der Waals surface area contributed by atoms with E-state index in [-0.39, 0.29) is 17.4 Å². The lowest BCUT2D eigenvalue weighted by molar-refractivity contribution is -0.122. The highest BCUT2D eigenvalue weighted by molar-refractivity contribution is 7.91. The number of amides is 1. The van der Waals surface area contributed by atoms with Crippen molar-refractivity contribution in [2.75, 3.05) is 37.7 Å². The van der Waals surface area contributed by atoms with Gasteiger partial charge in [-0.2, -0.15) is 0 Å². The third-order valence-electron chi connectivity index (χ3n) is 4.94. The van der Waals surface area contributed by atoms with E-state index in [4.69, 9.17) is 0 Å². The molecule has 0 aromatic carbocycles. The Morgan fingerprint density at radius 1 is 1.10 bits per heavy atom. The fraction of sp³-hybridized carbons (Fsp3) is 0.933. The molecule has 1 heterocycles. The lowest BCUT2D eigenvalue weighted by atomic mass is 9.81. The summed E-state index contributed by atoms with van der Waals surface area (Å²) in [6.45, 7) is 4.33. The van der Waals surface area contributed by atoms with Gasteiger partial charge in [-0.3, -0.25) is 9.69 Å². The average molecular weight is 316 g/mol. The number of rotatable bonds is 5. The van der Waals surface area contributed by atoms with Crippen LogP contribution in [0.1, 0.15) is 39.0 Å². The Hall–Kier alpha value is -0.620. The van der Waals surface area contributed by atoms with Crippen molar-refractivity contribution in [3.63, 3.8) is 0 Å². The number of hydrogen-bond acceptors (Lipinski definition) is 4. The predicted molar refractivity (Wildman–Crippen MR) is 83.8 cm³/mol. The van der Waals surface area contributed by atoms with Crippen molar-refractivity contribution in [2.45, 2.75) is 39.0 Å². The van der Waals surface area contributed by atoms with Crippen LogP contribution >= 0.6 is 0 Å². The van der Waals surface area contributed by atoms with Crippen LogP contribution in [0.4, 0.5) is 0 Å². The monoisotopic (exact) mass is 316 g/mol. The molecule has 2 rings (SSSR count). The molecular weight excluding hydrogens is 288 g/mol. The van der Waals surface area contributed by atoms with Gasteiger partial charge < -0.3 is 5.32 Å². The van der Waals surface area contributed by atoms with Crippen LogP contribution in [0.5, 0.6) is 0 Å². The molecule has 2 aliphatic rings. The van der Waals surface area contributed by atoms with Gasteiger partial charge >= 0.3 is 0 Å². The van der Waals surface area contributed by atoms with E-state index in [2.05, 4.69) is 12.2 Å². The van der Waals surface area contributed by atoms with Gasteiger partial charge in [0.2, 0.25) is 5.91 Å². The average Bonchev–Trinajstić information content (AvgIpc) is 2.48. The van der Waals surface area contributed by atoms with E-state index < -0.39 is 9.84 Å². The largest absolute Gasteiger partial charge is 0.355 e. The van der Waals surface area contributed by atoms with Crippen molar-refractivity contribution < 1.29 is 13.2 Å². The van der Waals surface area contributed by atoms with E-state index in [1.807, 2.05) is 4.90 Å². The van der Waals surface area contributed by atoms with Gasteiger partial charge in [-0.15, -0.1) is 0 Å². The van der Waals surface area contributed by atoms with Crippen LogP contribution in [0.15, 0.2) is 0 Å². The van der Waals surface area contributed by atoms with Gasteiger partial charge in [-0.25, -0.2) is 8.42 Å². The predicted octanol–water partition coefficient (Wildman–Crippen LogP) is 1.05. The molecule has 0 spiro atoms. The summed E-state index contributed by atoms with van der Waals surface area (Å²) in [5.41, 5.74) is 0. The lowest BCUT2D eigenvalue weighted by Crippen LogP contribution is -2.46. The van der Waals surface area contributed by atoms with Crippen LogP contribution in [0.3, 0.4) is 0 Å². The minimum Gasteiger partial charge on any atom is -0.355 e. The maximum absolute atomic E-state index is 11.9. The Bertz CT molecular complexity index is 428. The minimum atomic E-state index is -2.86. The highest BCUT2D eigenvalue weighted by Gasteiger charge is 2.24. The number of nitrogens with one attached hydrogen (secondary N) is 1. The normalized spacial score (nSPS) is 30.0. The molecule has 0 bridgehead atoms. The third-order valence-corrected chi connectivity index (χ3v) is 6.54. The molecule has 1 saturated heterocycles. The number of carbonyl (C=O) groups is 1. The maximum Gasteiger partial charge on any atom is 0.234 e. The summed E-state index contributed by atoms with van der Waals surface area (Å²) in [5, 5.41) is 3.02. The second-order valence-corrected chi connectivity index (χ2v) is 8.83. The summed E-state index contributed by atoms with van der Waals surface area (Å²) in [5.74, 6) is 1.90. The van der Waals surface area contributed by atoms with Crippen molar-refractivity contribution in [2.24, 2.45) is 11.8 Å². The molecule has 0 unspecified atom stereocenters. The summed E-state index contributed by atoms with van der Waals surface area (Å²) in [6, 6.07) is 0. The number of nitrogens with zero attached hydrogens (tertiary/aromatic N) is 1. The quantitative estimate of drug-likeness (QED) is 0.823. The van der Waals surface area contributed by atoms with Crippen LogP contribution in [-0.4, -0.2) is 56.9 Å². The fourth-order valence-corrected chi connectivity index (χ4v) is 4.55. The molecule has 0 atom stereocenters.